The van der Waals surface area contributed by atoms with E-state index in [4.69, 9.17) is 16.3 Å². The van der Waals surface area contributed by atoms with Crippen molar-refractivity contribution in [2.45, 2.75) is 23.8 Å². The summed E-state index contributed by atoms with van der Waals surface area (Å²) >= 11 is 5.80. The average molecular weight is 395 g/mol. The second-order valence-electron chi connectivity index (χ2n) is 5.95. The number of para-hydroxylation sites is 1. The maximum atomic E-state index is 12.5. The van der Waals surface area contributed by atoms with Crippen LogP contribution in [0.25, 0.3) is 0 Å². The van der Waals surface area contributed by atoms with Gasteiger partial charge in [0.15, 0.2) is 0 Å². The van der Waals surface area contributed by atoms with Gasteiger partial charge in [-0.2, -0.15) is 0 Å². The van der Waals surface area contributed by atoms with E-state index in [1.54, 1.807) is 24.3 Å². The van der Waals surface area contributed by atoms with Gasteiger partial charge in [0, 0.05) is 18.2 Å². The van der Waals surface area contributed by atoms with Gasteiger partial charge in [0.1, 0.15) is 0 Å². The number of hydrogen-bond acceptors (Lipinski definition) is 4. The molecule has 1 heterocycles. The van der Waals surface area contributed by atoms with Gasteiger partial charge in [-0.3, -0.25) is 9.52 Å². The standard InChI is InChI=1S/C18H19ClN2O4S/c19-13-7-9-15(10-8-13)26(23,24)21-17-6-2-1-5-16(17)18(22)20-12-14-4-3-11-25-14/h1-2,5-10,14,21H,3-4,11-12H2,(H,20,22). The predicted molar refractivity (Wildman–Crippen MR) is 100 cm³/mol. The van der Waals surface area contributed by atoms with Crippen LogP contribution in [0.4, 0.5) is 5.69 Å². The minimum absolute atomic E-state index is 0.0110. The van der Waals surface area contributed by atoms with E-state index in [9.17, 15) is 13.2 Å². The number of ether oxygens (including phenoxy) is 1. The topological polar surface area (TPSA) is 84.5 Å². The van der Waals surface area contributed by atoms with Crippen LogP contribution >= 0.6 is 11.6 Å². The Morgan fingerprint density at radius 2 is 1.88 bits per heavy atom. The van der Waals surface area contributed by atoms with Crippen molar-refractivity contribution in [2.24, 2.45) is 0 Å². The maximum Gasteiger partial charge on any atom is 0.261 e. The summed E-state index contributed by atoms with van der Waals surface area (Å²) in [7, 11) is -3.83. The van der Waals surface area contributed by atoms with Crippen molar-refractivity contribution < 1.29 is 17.9 Å². The van der Waals surface area contributed by atoms with Crippen LogP contribution in [0.2, 0.25) is 5.02 Å². The molecule has 3 rings (SSSR count). The van der Waals surface area contributed by atoms with Crippen molar-refractivity contribution in [1.82, 2.24) is 5.32 Å². The Labute approximate surface area is 157 Å². The number of rotatable bonds is 6. The quantitative estimate of drug-likeness (QED) is 0.788. The normalized spacial score (nSPS) is 17.0. The lowest BCUT2D eigenvalue weighted by Crippen LogP contribution is -2.32. The van der Waals surface area contributed by atoms with Crippen molar-refractivity contribution >= 4 is 33.2 Å². The number of halogens is 1. The number of benzene rings is 2. The van der Waals surface area contributed by atoms with E-state index in [1.807, 2.05) is 0 Å². The fourth-order valence-corrected chi connectivity index (χ4v) is 3.90. The van der Waals surface area contributed by atoms with Gasteiger partial charge >= 0.3 is 0 Å². The number of sulfonamides is 1. The second kappa shape index (κ2) is 8.07. The summed E-state index contributed by atoms with van der Waals surface area (Å²) < 4.78 is 33.0. The molecular weight excluding hydrogens is 376 g/mol. The molecule has 0 saturated carbocycles. The van der Waals surface area contributed by atoms with Gasteiger partial charge in [-0.05, 0) is 49.2 Å². The van der Waals surface area contributed by atoms with Crippen LogP contribution in [-0.4, -0.2) is 33.6 Å². The van der Waals surface area contributed by atoms with E-state index in [1.165, 1.54) is 24.3 Å². The molecule has 1 aliphatic heterocycles. The summed E-state index contributed by atoms with van der Waals surface area (Å²) in [4.78, 5) is 12.5. The fraction of sp³-hybridized carbons (Fsp3) is 0.278. The van der Waals surface area contributed by atoms with E-state index in [2.05, 4.69) is 10.0 Å². The van der Waals surface area contributed by atoms with Gasteiger partial charge in [-0.25, -0.2) is 8.42 Å². The first-order chi connectivity index (χ1) is 12.5. The van der Waals surface area contributed by atoms with Crippen molar-refractivity contribution in [3.05, 3.63) is 59.1 Å². The first kappa shape index (κ1) is 18.7. The molecule has 0 bridgehead atoms. The highest BCUT2D eigenvalue weighted by atomic mass is 35.5. The third kappa shape index (κ3) is 4.55. The van der Waals surface area contributed by atoms with E-state index < -0.39 is 10.0 Å². The zero-order valence-electron chi connectivity index (χ0n) is 13.9. The number of amides is 1. The monoisotopic (exact) mass is 394 g/mol. The molecule has 2 N–H and O–H groups in total. The zero-order valence-corrected chi connectivity index (χ0v) is 15.5. The molecular formula is C18H19ClN2O4S. The lowest BCUT2D eigenvalue weighted by molar-refractivity contribution is 0.0858. The molecule has 1 unspecified atom stereocenters. The summed E-state index contributed by atoms with van der Waals surface area (Å²) in [5.74, 6) is -0.352. The Kier molecular flexibility index (Phi) is 5.80. The highest BCUT2D eigenvalue weighted by Gasteiger charge is 2.20. The molecule has 8 heteroatoms. The number of anilines is 1. The second-order valence-corrected chi connectivity index (χ2v) is 8.07. The minimum Gasteiger partial charge on any atom is -0.376 e. The summed E-state index contributed by atoms with van der Waals surface area (Å²) in [6.07, 6.45) is 1.90. The van der Waals surface area contributed by atoms with Gasteiger partial charge < -0.3 is 10.1 Å². The Balaban J connectivity index is 1.75. The molecule has 0 spiro atoms. The maximum absolute atomic E-state index is 12.5. The summed E-state index contributed by atoms with van der Waals surface area (Å²) in [5.41, 5.74) is 0.468. The third-order valence-electron chi connectivity index (χ3n) is 4.05. The molecule has 6 nitrogen and oxygen atoms in total. The smallest absolute Gasteiger partial charge is 0.261 e. The van der Waals surface area contributed by atoms with Crippen molar-refractivity contribution in [2.75, 3.05) is 17.9 Å². The SMILES string of the molecule is O=C(NCC1CCCO1)c1ccccc1NS(=O)(=O)c1ccc(Cl)cc1. The van der Waals surface area contributed by atoms with Crippen molar-refractivity contribution in [3.63, 3.8) is 0 Å². The highest BCUT2D eigenvalue weighted by molar-refractivity contribution is 7.92. The number of nitrogens with one attached hydrogen (secondary N) is 2. The first-order valence-corrected chi connectivity index (χ1v) is 10.1. The first-order valence-electron chi connectivity index (χ1n) is 8.23. The average Bonchev–Trinajstić information content (AvgIpc) is 3.14. The summed E-state index contributed by atoms with van der Waals surface area (Å²) in [5, 5.41) is 3.24. The van der Waals surface area contributed by atoms with Crippen LogP contribution < -0.4 is 10.0 Å². The molecule has 0 aromatic heterocycles. The van der Waals surface area contributed by atoms with Crippen LogP contribution in [0.1, 0.15) is 23.2 Å². The fourth-order valence-electron chi connectivity index (χ4n) is 2.69. The van der Waals surface area contributed by atoms with E-state index in [0.717, 1.165) is 12.8 Å². The number of carbonyl (C=O) groups excluding carboxylic acids is 1. The Morgan fingerprint density at radius 3 is 2.58 bits per heavy atom. The molecule has 1 amide bonds. The van der Waals surface area contributed by atoms with E-state index >= 15 is 0 Å². The van der Waals surface area contributed by atoms with Crippen molar-refractivity contribution in [1.29, 1.82) is 0 Å². The number of carbonyl (C=O) groups is 1. The number of hydrogen-bond donors (Lipinski definition) is 2. The molecule has 1 saturated heterocycles. The molecule has 0 radical (unpaired) electrons. The largest absolute Gasteiger partial charge is 0.376 e. The van der Waals surface area contributed by atoms with Gasteiger partial charge in [0.2, 0.25) is 0 Å². The minimum atomic E-state index is -3.83. The van der Waals surface area contributed by atoms with Crippen LogP contribution in [0.15, 0.2) is 53.4 Å². The Morgan fingerprint density at radius 1 is 1.15 bits per heavy atom. The summed E-state index contributed by atoms with van der Waals surface area (Å²) in [6, 6.07) is 12.3. The van der Waals surface area contributed by atoms with Crippen LogP contribution in [0, 0.1) is 0 Å². The van der Waals surface area contributed by atoms with E-state index in [-0.39, 0.29) is 28.2 Å². The van der Waals surface area contributed by atoms with Crippen molar-refractivity contribution in [3.8, 4) is 0 Å². The highest BCUT2D eigenvalue weighted by Crippen LogP contribution is 2.21. The molecule has 0 aliphatic carbocycles. The summed E-state index contributed by atoms with van der Waals surface area (Å²) in [6.45, 7) is 1.11. The Hall–Kier alpha value is -2.09. The molecule has 1 fully saturated rings. The van der Waals surface area contributed by atoms with E-state index in [0.29, 0.717) is 18.2 Å². The third-order valence-corrected chi connectivity index (χ3v) is 5.69. The molecule has 138 valence electrons. The lowest BCUT2D eigenvalue weighted by atomic mass is 10.1. The van der Waals surface area contributed by atoms with Crippen LogP contribution in [0.3, 0.4) is 0 Å². The van der Waals surface area contributed by atoms with Gasteiger partial charge in [0.05, 0.1) is 22.3 Å². The van der Waals surface area contributed by atoms with Gasteiger partial charge in [-0.15, -0.1) is 0 Å². The predicted octanol–water partition coefficient (Wildman–Crippen LogP) is 3.05. The lowest BCUT2D eigenvalue weighted by Gasteiger charge is -2.14. The molecule has 2 aromatic rings. The van der Waals surface area contributed by atoms with Gasteiger partial charge in [0.25, 0.3) is 15.9 Å². The molecule has 2 aromatic carbocycles. The van der Waals surface area contributed by atoms with Crippen LogP contribution in [0.5, 0.6) is 0 Å². The Bertz CT molecular complexity index is 878. The van der Waals surface area contributed by atoms with Crippen LogP contribution in [-0.2, 0) is 14.8 Å². The molecule has 1 atom stereocenters. The van der Waals surface area contributed by atoms with Gasteiger partial charge in [-0.1, -0.05) is 23.7 Å². The zero-order chi connectivity index (χ0) is 18.6. The molecule has 26 heavy (non-hydrogen) atoms. The molecule has 1 aliphatic rings.